The summed E-state index contributed by atoms with van der Waals surface area (Å²) < 4.78 is 0. The largest absolute Gasteiger partial charge is 0.362 e. The molecule has 0 amide bonds. The Bertz CT molecular complexity index is 145. The highest BCUT2D eigenvalue weighted by Gasteiger charge is 2.06. The summed E-state index contributed by atoms with van der Waals surface area (Å²) in [5.41, 5.74) is 0. The molecule has 0 unspecified atom stereocenters. The zero-order valence-corrected chi connectivity index (χ0v) is 8.08. The van der Waals surface area contributed by atoms with Crippen molar-refractivity contribution < 1.29 is 0 Å². The van der Waals surface area contributed by atoms with E-state index in [1.807, 2.05) is 0 Å². The predicted molar refractivity (Wildman–Crippen MR) is 51.6 cm³/mol. The van der Waals surface area contributed by atoms with Crippen molar-refractivity contribution in [3.63, 3.8) is 0 Å². The fourth-order valence-electron chi connectivity index (χ4n) is 1.32. The average Bonchev–Trinajstić information content (AvgIpc) is 2.45. The van der Waals surface area contributed by atoms with E-state index in [-0.39, 0.29) is 0 Å². The molecule has 1 N–H and O–H groups in total. The maximum Gasteiger partial charge on any atom is 0.0890 e. The predicted octanol–water partition coefficient (Wildman–Crippen LogP) is 0.662. The Hall–Kier alpha value is -0.700. The Labute approximate surface area is 75.0 Å². The Morgan fingerprint density at radius 3 is 2.83 bits per heavy atom. The third-order valence-electron chi connectivity index (χ3n) is 1.99. The number of nitrogens with zero attached hydrogens (tertiary/aromatic N) is 2. The van der Waals surface area contributed by atoms with E-state index in [0.717, 1.165) is 26.3 Å². The van der Waals surface area contributed by atoms with Gasteiger partial charge in [-0.2, -0.15) is 0 Å². The van der Waals surface area contributed by atoms with Crippen LogP contribution >= 0.6 is 0 Å². The molecule has 0 aromatic rings. The number of rotatable bonds is 5. The summed E-state index contributed by atoms with van der Waals surface area (Å²) >= 11 is 0. The maximum absolute atomic E-state index is 3.32. The standard InChI is InChI=1S/C9H19N3/c1-3-10-5-4-6-12-8-7-11(2)9-12/h7-8,10H,3-6,9H2,1-2H3. The minimum atomic E-state index is 1.05. The van der Waals surface area contributed by atoms with Crippen LogP contribution in [0, 0.1) is 0 Å². The number of nitrogens with one attached hydrogen (secondary N) is 1. The van der Waals surface area contributed by atoms with Crippen molar-refractivity contribution in [2.24, 2.45) is 0 Å². The topological polar surface area (TPSA) is 18.5 Å². The van der Waals surface area contributed by atoms with E-state index in [1.165, 1.54) is 6.42 Å². The van der Waals surface area contributed by atoms with Crippen molar-refractivity contribution in [3.8, 4) is 0 Å². The van der Waals surface area contributed by atoms with E-state index < -0.39 is 0 Å². The van der Waals surface area contributed by atoms with Crippen LogP contribution in [-0.2, 0) is 0 Å². The second-order valence-corrected chi connectivity index (χ2v) is 3.22. The van der Waals surface area contributed by atoms with Gasteiger partial charge in [0.1, 0.15) is 0 Å². The van der Waals surface area contributed by atoms with Crippen molar-refractivity contribution >= 4 is 0 Å². The average molecular weight is 169 g/mol. The molecule has 12 heavy (non-hydrogen) atoms. The third kappa shape index (κ3) is 3.13. The van der Waals surface area contributed by atoms with Gasteiger partial charge in [-0.05, 0) is 19.5 Å². The summed E-state index contributed by atoms with van der Waals surface area (Å²) in [6, 6.07) is 0. The van der Waals surface area contributed by atoms with E-state index in [1.54, 1.807) is 0 Å². The number of hydrogen-bond acceptors (Lipinski definition) is 3. The highest BCUT2D eigenvalue weighted by Crippen LogP contribution is 2.03. The lowest BCUT2D eigenvalue weighted by molar-refractivity contribution is 0.293. The minimum absolute atomic E-state index is 1.05. The molecule has 0 aromatic carbocycles. The Morgan fingerprint density at radius 2 is 2.25 bits per heavy atom. The van der Waals surface area contributed by atoms with Crippen molar-refractivity contribution in [1.29, 1.82) is 0 Å². The van der Waals surface area contributed by atoms with E-state index in [9.17, 15) is 0 Å². The molecule has 1 aliphatic rings. The normalized spacial score (nSPS) is 16.2. The van der Waals surface area contributed by atoms with Crippen molar-refractivity contribution in [3.05, 3.63) is 12.4 Å². The van der Waals surface area contributed by atoms with E-state index in [4.69, 9.17) is 0 Å². The summed E-state index contributed by atoms with van der Waals surface area (Å²) in [7, 11) is 2.10. The van der Waals surface area contributed by atoms with Crippen LogP contribution in [0.5, 0.6) is 0 Å². The molecule has 0 aromatic heterocycles. The fraction of sp³-hybridized carbons (Fsp3) is 0.778. The molecule has 1 rings (SSSR count). The van der Waals surface area contributed by atoms with Gasteiger partial charge in [0, 0.05) is 26.0 Å². The summed E-state index contributed by atoms with van der Waals surface area (Å²) in [6.45, 7) is 6.56. The van der Waals surface area contributed by atoms with E-state index >= 15 is 0 Å². The van der Waals surface area contributed by atoms with Crippen molar-refractivity contribution in [2.75, 3.05) is 33.4 Å². The molecule has 0 aliphatic carbocycles. The molecular weight excluding hydrogens is 150 g/mol. The lowest BCUT2D eigenvalue weighted by Crippen LogP contribution is -2.26. The Morgan fingerprint density at radius 1 is 1.42 bits per heavy atom. The van der Waals surface area contributed by atoms with Crippen LogP contribution in [0.1, 0.15) is 13.3 Å². The van der Waals surface area contributed by atoms with Crippen molar-refractivity contribution in [2.45, 2.75) is 13.3 Å². The third-order valence-corrected chi connectivity index (χ3v) is 1.99. The summed E-state index contributed by atoms with van der Waals surface area (Å²) in [4.78, 5) is 4.52. The first-order chi connectivity index (χ1) is 5.83. The summed E-state index contributed by atoms with van der Waals surface area (Å²) in [5.74, 6) is 0. The Kier molecular flexibility index (Phi) is 3.94. The highest BCUT2D eigenvalue weighted by molar-refractivity contribution is 4.88. The molecule has 0 bridgehead atoms. The van der Waals surface area contributed by atoms with Gasteiger partial charge in [-0.3, -0.25) is 0 Å². The minimum Gasteiger partial charge on any atom is -0.362 e. The first-order valence-electron chi connectivity index (χ1n) is 4.66. The van der Waals surface area contributed by atoms with Crippen LogP contribution in [0.3, 0.4) is 0 Å². The SMILES string of the molecule is CCNCCCN1C=CN(C)C1. The molecule has 0 fully saturated rings. The van der Waals surface area contributed by atoms with Crippen LogP contribution in [0.25, 0.3) is 0 Å². The molecule has 3 heteroatoms. The summed E-state index contributed by atoms with van der Waals surface area (Å²) in [6.07, 6.45) is 5.51. The lowest BCUT2D eigenvalue weighted by atomic mass is 10.4. The van der Waals surface area contributed by atoms with Gasteiger partial charge in [0.25, 0.3) is 0 Å². The fourth-order valence-corrected chi connectivity index (χ4v) is 1.32. The zero-order valence-electron chi connectivity index (χ0n) is 8.08. The first kappa shape index (κ1) is 9.39. The van der Waals surface area contributed by atoms with Gasteiger partial charge in [-0.15, -0.1) is 0 Å². The van der Waals surface area contributed by atoms with Gasteiger partial charge in [0.2, 0.25) is 0 Å². The number of hydrogen-bond donors (Lipinski definition) is 1. The second kappa shape index (κ2) is 5.04. The molecule has 0 atom stereocenters. The molecule has 0 spiro atoms. The molecule has 70 valence electrons. The van der Waals surface area contributed by atoms with Gasteiger partial charge in [-0.25, -0.2) is 0 Å². The summed E-state index contributed by atoms with van der Waals surface area (Å²) in [5, 5.41) is 3.32. The molecular formula is C9H19N3. The lowest BCUT2D eigenvalue weighted by Gasteiger charge is -2.17. The van der Waals surface area contributed by atoms with Gasteiger partial charge in [-0.1, -0.05) is 6.92 Å². The van der Waals surface area contributed by atoms with Crippen LogP contribution in [0.15, 0.2) is 12.4 Å². The van der Waals surface area contributed by atoms with Crippen molar-refractivity contribution in [1.82, 2.24) is 15.1 Å². The van der Waals surface area contributed by atoms with Gasteiger partial charge in [0.15, 0.2) is 0 Å². The molecule has 0 radical (unpaired) electrons. The van der Waals surface area contributed by atoms with Gasteiger partial charge in [0.05, 0.1) is 6.67 Å². The monoisotopic (exact) mass is 169 g/mol. The molecule has 0 saturated carbocycles. The molecule has 1 heterocycles. The first-order valence-corrected chi connectivity index (χ1v) is 4.66. The van der Waals surface area contributed by atoms with Gasteiger partial charge >= 0.3 is 0 Å². The molecule has 3 nitrogen and oxygen atoms in total. The molecule has 1 aliphatic heterocycles. The quantitative estimate of drug-likeness (QED) is 0.610. The van der Waals surface area contributed by atoms with E-state index in [0.29, 0.717) is 0 Å². The van der Waals surface area contributed by atoms with Gasteiger partial charge < -0.3 is 15.1 Å². The van der Waals surface area contributed by atoms with Crippen LogP contribution < -0.4 is 5.32 Å². The van der Waals surface area contributed by atoms with Crippen LogP contribution in [-0.4, -0.2) is 43.2 Å². The molecule has 0 saturated heterocycles. The Balaban J connectivity index is 1.98. The smallest absolute Gasteiger partial charge is 0.0890 e. The van der Waals surface area contributed by atoms with E-state index in [2.05, 4.69) is 41.5 Å². The zero-order chi connectivity index (χ0) is 8.81. The van der Waals surface area contributed by atoms with Crippen LogP contribution in [0.2, 0.25) is 0 Å². The maximum atomic E-state index is 3.32. The second-order valence-electron chi connectivity index (χ2n) is 3.22. The van der Waals surface area contributed by atoms with Crippen LogP contribution in [0.4, 0.5) is 0 Å². The highest BCUT2D eigenvalue weighted by atomic mass is 15.3.